The number of carbonyl (C=O) groups is 1. The Morgan fingerprint density at radius 2 is 1.41 bits per heavy atom. The van der Waals surface area contributed by atoms with Crippen molar-refractivity contribution in [1.29, 1.82) is 0 Å². The molecule has 0 aliphatic heterocycles. The van der Waals surface area contributed by atoms with Gasteiger partial charge in [-0.25, -0.2) is 4.79 Å². The third-order valence-electron chi connectivity index (χ3n) is 6.14. The number of hydrogen-bond acceptors (Lipinski definition) is 4. The number of likely N-dealkylation sites (N-methyl/N-ethyl adjacent to an activating group) is 1. The number of ether oxygens (including phenoxy) is 1. The summed E-state index contributed by atoms with van der Waals surface area (Å²) in [5.74, 6) is 0. The van der Waals surface area contributed by atoms with Crippen LogP contribution in [0.25, 0.3) is 0 Å². The van der Waals surface area contributed by atoms with E-state index in [4.69, 9.17) is 9.16 Å². The summed E-state index contributed by atoms with van der Waals surface area (Å²) < 4.78 is 53.3. The van der Waals surface area contributed by atoms with E-state index in [-0.39, 0.29) is 11.6 Å². The molecule has 0 fully saturated rings. The van der Waals surface area contributed by atoms with Gasteiger partial charge >= 0.3 is 12.3 Å². The lowest BCUT2D eigenvalue weighted by Crippen LogP contribution is -2.66. The highest BCUT2D eigenvalue weighted by Crippen LogP contribution is 2.36. The molecule has 1 amide bonds. The van der Waals surface area contributed by atoms with Crippen LogP contribution in [0.1, 0.15) is 48.0 Å². The first-order chi connectivity index (χ1) is 17.1. The van der Waals surface area contributed by atoms with E-state index >= 15 is 0 Å². The summed E-state index contributed by atoms with van der Waals surface area (Å²) in [6.07, 6.45) is -4.98. The number of alkyl carbamates (subject to hydrolysis) is 1. The van der Waals surface area contributed by atoms with Gasteiger partial charge in [0.05, 0.1) is 0 Å². The van der Waals surface area contributed by atoms with Crippen molar-refractivity contribution < 1.29 is 27.1 Å². The van der Waals surface area contributed by atoms with Crippen LogP contribution in [0.5, 0.6) is 0 Å². The fourth-order valence-electron chi connectivity index (χ4n) is 4.47. The number of alkyl halides is 3. The van der Waals surface area contributed by atoms with Gasteiger partial charge < -0.3 is 14.5 Å². The molecule has 206 valence electrons. The van der Waals surface area contributed by atoms with Crippen LogP contribution in [-0.2, 0) is 9.16 Å². The first kappa shape index (κ1) is 30.9. The zero-order valence-electron chi connectivity index (χ0n) is 23.0. The van der Waals surface area contributed by atoms with Gasteiger partial charge in [0.2, 0.25) is 0 Å². The van der Waals surface area contributed by atoms with Crippen LogP contribution in [0, 0.1) is 0 Å². The highest BCUT2D eigenvalue weighted by atomic mass is 28.4. The number of nitrogens with zero attached hydrogens (tertiary/aromatic N) is 1. The molecule has 0 aromatic heterocycles. The van der Waals surface area contributed by atoms with Crippen LogP contribution < -0.4 is 15.7 Å². The summed E-state index contributed by atoms with van der Waals surface area (Å²) in [6.45, 7) is 11.3. The molecule has 0 aliphatic rings. The molecule has 2 aromatic carbocycles. The predicted molar refractivity (Wildman–Crippen MR) is 145 cm³/mol. The molecule has 0 saturated heterocycles. The largest absolute Gasteiger partial charge is 0.444 e. The molecular weight excluding hydrogens is 497 g/mol. The van der Waals surface area contributed by atoms with Crippen LogP contribution >= 0.6 is 0 Å². The molecule has 0 radical (unpaired) electrons. The van der Waals surface area contributed by atoms with E-state index in [1.165, 1.54) is 11.9 Å². The summed E-state index contributed by atoms with van der Waals surface area (Å²) in [4.78, 5) is 13.1. The number of carbonyl (C=O) groups excluding carboxylic acids is 1. The highest BCUT2D eigenvalue weighted by molar-refractivity contribution is 6.99. The van der Waals surface area contributed by atoms with Gasteiger partial charge in [-0.15, -0.1) is 0 Å². The van der Waals surface area contributed by atoms with Crippen LogP contribution in [0.2, 0.25) is 5.04 Å². The summed E-state index contributed by atoms with van der Waals surface area (Å²) >= 11 is 0. The summed E-state index contributed by atoms with van der Waals surface area (Å²) in [7, 11) is -1.34. The molecule has 37 heavy (non-hydrogen) atoms. The normalized spacial score (nSPS) is 13.9. The molecule has 0 bridgehead atoms. The van der Waals surface area contributed by atoms with E-state index in [0.717, 1.165) is 10.4 Å². The highest BCUT2D eigenvalue weighted by Gasteiger charge is 2.50. The number of amides is 1. The van der Waals surface area contributed by atoms with Gasteiger partial charge in [0.15, 0.2) is 0 Å². The van der Waals surface area contributed by atoms with Crippen molar-refractivity contribution in [2.75, 3.05) is 26.7 Å². The second-order valence-corrected chi connectivity index (χ2v) is 15.6. The Morgan fingerprint density at radius 3 is 1.81 bits per heavy atom. The van der Waals surface area contributed by atoms with Crippen LogP contribution in [0.15, 0.2) is 60.7 Å². The Labute approximate surface area is 220 Å². The Balaban J connectivity index is 2.15. The molecule has 1 atom stereocenters. The van der Waals surface area contributed by atoms with Crippen LogP contribution in [-0.4, -0.2) is 63.9 Å². The molecule has 1 N–H and O–H groups in total. The van der Waals surface area contributed by atoms with Crippen LogP contribution in [0.4, 0.5) is 18.0 Å². The molecule has 0 saturated carbocycles. The molecule has 5 nitrogen and oxygen atoms in total. The summed E-state index contributed by atoms with van der Waals surface area (Å²) in [5, 5.41) is 4.29. The Kier molecular flexibility index (Phi) is 10.4. The van der Waals surface area contributed by atoms with Crippen molar-refractivity contribution in [3.8, 4) is 0 Å². The smallest absolute Gasteiger partial charge is 0.407 e. The minimum atomic E-state index is -4.51. The van der Waals surface area contributed by atoms with E-state index in [1.807, 2.05) is 36.4 Å². The Bertz CT molecular complexity index is 935. The zero-order valence-corrected chi connectivity index (χ0v) is 24.0. The van der Waals surface area contributed by atoms with Gasteiger partial charge in [0.1, 0.15) is 11.6 Å². The Morgan fingerprint density at radius 1 is 0.919 bits per heavy atom. The molecule has 9 heteroatoms. The molecule has 2 rings (SSSR count). The fourth-order valence-corrected chi connectivity index (χ4v) is 9.08. The van der Waals surface area contributed by atoms with Crippen molar-refractivity contribution in [1.82, 2.24) is 10.2 Å². The van der Waals surface area contributed by atoms with Crippen molar-refractivity contribution >= 4 is 24.8 Å². The minimum absolute atomic E-state index is 0.151. The van der Waals surface area contributed by atoms with E-state index in [0.29, 0.717) is 13.0 Å². The number of halogens is 3. The van der Waals surface area contributed by atoms with Crippen molar-refractivity contribution in [3.05, 3.63) is 60.7 Å². The number of benzene rings is 2. The second kappa shape index (κ2) is 12.5. The molecular formula is C28H41F3N2O3Si. The van der Waals surface area contributed by atoms with Gasteiger partial charge in [-0.2, -0.15) is 13.2 Å². The number of hydrogen-bond donors (Lipinski definition) is 1. The summed E-state index contributed by atoms with van der Waals surface area (Å²) in [5.41, 5.74) is -0.790. The molecule has 2 aromatic rings. The average Bonchev–Trinajstić information content (AvgIpc) is 2.77. The quantitative estimate of drug-likeness (QED) is 0.328. The lowest BCUT2D eigenvalue weighted by atomic mass is 10.2. The maximum absolute atomic E-state index is 13.8. The van der Waals surface area contributed by atoms with E-state index in [2.05, 4.69) is 50.4 Å². The monoisotopic (exact) mass is 538 g/mol. The third-order valence-corrected chi connectivity index (χ3v) is 11.2. The SMILES string of the molecule is CN(CCCO[Si](c1ccccc1)(c1ccccc1)C(C)(C)C)C(CNC(=O)OC(C)(C)C)C(F)(F)F. The topological polar surface area (TPSA) is 50.8 Å². The van der Waals surface area contributed by atoms with E-state index in [1.54, 1.807) is 20.8 Å². The summed E-state index contributed by atoms with van der Waals surface area (Å²) in [6, 6.07) is 18.4. The van der Waals surface area contributed by atoms with Gasteiger partial charge in [-0.3, -0.25) is 4.90 Å². The number of rotatable bonds is 10. The van der Waals surface area contributed by atoms with Crippen LogP contribution in [0.3, 0.4) is 0 Å². The van der Waals surface area contributed by atoms with Crippen molar-refractivity contribution in [3.63, 3.8) is 0 Å². The van der Waals surface area contributed by atoms with Gasteiger partial charge in [-0.1, -0.05) is 81.4 Å². The minimum Gasteiger partial charge on any atom is -0.444 e. The first-order valence-corrected chi connectivity index (χ1v) is 14.5. The van der Waals surface area contributed by atoms with Gasteiger partial charge in [0.25, 0.3) is 8.32 Å². The van der Waals surface area contributed by atoms with E-state index in [9.17, 15) is 18.0 Å². The molecule has 0 heterocycles. The maximum Gasteiger partial charge on any atom is 0.407 e. The third kappa shape index (κ3) is 8.58. The predicted octanol–water partition coefficient (Wildman–Crippen LogP) is 5.34. The maximum atomic E-state index is 13.8. The fraction of sp³-hybridized carbons (Fsp3) is 0.536. The Hall–Kier alpha value is -2.36. The zero-order chi connectivity index (χ0) is 27.9. The second-order valence-electron chi connectivity index (χ2n) is 11.3. The van der Waals surface area contributed by atoms with Gasteiger partial charge in [-0.05, 0) is 49.7 Å². The standard InChI is InChI=1S/C28H41F3N2O3Si/c1-26(2,3)36-25(34)32-21-24(28(29,30)31)33(7)19-14-20-35-37(27(4,5)6,22-15-10-8-11-16-22)23-17-12-9-13-18-23/h8-13,15-18,24H,14,19-21H2,1-7H3,(H,32,34). The van der Waals surface area contributed by atoms with Crippen molar-refractivity contribution in [2.45, 2.75) is 70.8 Å². The van der Waals surface area contributed by atoms with E-state index < -0.39 is 38.8 Å². The molecule has 0 spiro atoms. The van der Waals surface area contributed by atoms with Crippen molar-refractivity contribution in [2.24, 2.45) is 0 Å². The lowest BCUT2D eigenvalue weighted by Gasteiger charge is -2.43. The number of nitrogens with one attached hydrogen (secondary N) is 1. The first-order valence-electron chi connectivity index (χ1n) is 12.6. The average molecular weight is 539 g/mol. The molecule has 1 unspecified atom stereocenters. The molecule has 0 aliphatic carbocycles. The van der Waals surface area contributed by atoms with Gasteiger partial charge in [0, 0.05) is 19.7 Å². The lowest BCUT2D eigenvalue weighted by molar-refractivity contribution is -0.179.